The number of amides is 1. The summed E-state index contributed by atoms with van der Waals surface area (Å²) >= 11 is 1.75. The summed E-state index contributed by atoms with van der Waals surface area (Å²) in [6.07, 6.45) is 0. The summed E-state index contributed by atoms with van der Waals surface area (Å²) in [5.41, 5.74) is 0.502. The minimum absolute atomic E-state index is 0.0993. The van der Waals surface area contributed by atoms with Crippen molar-refractivity contribution in [2.75, 3.05) is 23.4 Å². The zero-order chi connectivity index (χ0) is 11.4. The Morgan fingerprint density at radius 3 is 3.12 bits per heavy atom. The van der Waals surface area contributed by atoms with Crippen molar-refractivity contribution in [2.24, 2.45) is 0 Å². The third-order valence-corrected chi connectivity index (χ3v) is 3.39. The number of benzene rings is 1. The third-order valence-electron chi connectivity index (χ3n) is 2.33. The molecule has 0 saturated carbocycles. The second-order valence-electron chi connectivity index (χ2n) is 3.58. The maximum atomic E-state index is 12.9. The van der Waals surface area contributed by atoms with Gasteiger partial charge in [0.15, 0.2) is 0 Å². The Bertz CT molecular complexity index is 380. The van der Waals surface area contributed by atoms with E-state index in [1.807, 2.05) is 0 Å². The number of nitrogens with one attached hydrogen (secondary N) is 2. The van der Waals surface area contributed by atoms with Crippen LogP contribution in [0.15, 0.2) is 24.3 Å². The van der Waals surface area contributed by atoms with Gasteiger partial charge in [-0.2, -0.15) is 11.8 Å². The monoisotopic (exact) mass is 240 g/mol. The van der Waals surface area contributed by atoms with Crippen LogP contribution < -0.4 is 10.6 Å². The molecule has 1 aliphatic rings. The predicted molar refractivity (Wildman–Crippen MR) is 64.1 cm³/mol. The summed E-state index contributed by atoms with van der Waals surface area (Å²) in [6, 6.07) is 5.74. The summed E-state index contributed by atoms with van der Waals surface area (Å²) in [4.78, 5) is 11.8. The average Bonchev–Trinajstić information content (AvgIpc) is 2.30. The van der Waals surface area contributed by atoms with E-state index in [4.69, 9.17) is 0 Å². The number of halogens is 1. The quantitative estimate of drug-likeness (QED) is 0.822. The summed E-state index contributed by atoms with van der Waals surface area (Å²) in [6.45, 7) is 0.839. The SMILES string of the molecule is O=C(Nc1cccc(F)c1)C1CSCCN1. The molecule has 1 amide bonds. The van der Waals surface area contributed by atoms with E-state index in [-0.39, 0.29) is 17.8 Å². The van der Waals surface area contributed by atoms with Crippen LogP contribution in [0, 0.1) is 5.82 Å². The Balaban J connectivity index is 1.96. The van der Waals surface area contributed by atoms with E-state index in [0.717, 1.165) is 18.1 Å². The van der Waals surface area contributed by atoms with E-state index in [1.54, 1.807) is 23.9 Å². The van der Waals surface area contributed by atoms with Crippen LogP contribution in [-0.2, 0) is 4.79 Å². The highest BCUT2D eigenvalue weighted by Crippen LogP contribution is 2.12. The van der Waals surface area contributed by atoms with E-state index < -0.39 is 0 Å². The highest BCUT2D eigenvalue weighted by molar-refractivity contribution is 7.99. The summed E-state index contributed by atoms with van der Waals surface area (Å²) < 4.78 is 12.9. The maximum Gasteiger partial charge on any atom is 0.242 e. The zero-order valence-electron chi connectivity index (χ0n) is 8.70. The molecule has 1 heterocycles. The van der Waals surface area contributed by atoms with Gasteiger partial charge in [-0.25, -0.2) is 4.39 Å². The molecule has 0 aromatic heterocycles. The van der Waals surface area contributed by atoms with Crippen LogP contribution >= 0.6 is 11.8 Å². The summed E-state index contributed by atoms with van der Waals surface area (Å²) in [7, 11) is 0. The van der Waals surface area contributed by atoms with Crippen LogP contribution in [-0.4, -0.2) is 30.0 Å². The molecule has 1 atom stereocenters. The van der Waals surface area contributed by atoms with Gasteiger partial charge in [0.05, 0.1) is 6.04 Å². The van der Waals surface area contributed by atoms with Crippen molar-refractivity contribution in [3.05, 3.63) is 30.1 Å². The fraction of sp³-hybridized carbons (Fsp3) is 0.364. The van der Waals surface area contributed by atoms with E-state index in [0.29, 0.717) is 5.69 Å². The van der Waals surface area contributed by atoms with Gasteiger partial charge in [-0.15, -0.1) is 0 Å². The molecule has 3 nitrogen and oxygen atoms in total. The lowest BCUT2D eigenvalue weighted by atomic mass is 10.2. The molecule has 0 radical (unpaired) electrons. The normalized spacial score (nSPS) is 20.4. The first-order chi connectivity index (χ1) is 7.75. The molecule has 0 aliphatic carbocycles. The Morgan fingerprint density at radius 1 is 1.56 bits per heavy atom. The van der Waals surface area contributed by atoms with Gasteiger partial charge in [0.2, 0.25) is 5.91 Å². The largest absolute Gasteiger partial charge is 0.325 e. The van der Waals surface area contributed by atoms with Gasteiger partial charge in [0.25, 0.3) is 0 Å². The molecule has 1 saturated heterocycles. The number of carbonyl (C=O) groups is 1. The number of anilines is 1. The van der Waals surface area contributed by atoms with Gasteiger partial charge >= 0.3 is 0 Å². The number of rotatable bonds is 2. The van der Waals surface area contributed by atoms with Crippen molar-refractivity contribution in [3.63, 3.8) is 0 Å². The van der Waals surface area contributed by atoms with Crippen molar-refractivity contribution >= 4 is 23.4 Å². The highest BCUT2D eigenvalue weighted by Gasteiger charge is 2.20. The Hall–Kier alpha value is -1.07. The molecule has 1 aliphatic heterocycles. The fourth-order valence-corrected chi connectivity index (χ4v) is 2.46. The van der Waals surface area contributed by atoms with Crippen LogP contribution in [0.1, 0.15) is 0 Å². The molecular formula is C11H13FN2OS. The Labute approximate surface area is 97.8 Å². The second-order valence-corrected chi connectivity index (χ2v) is 4.73. The minimum Gasteiger partial charge on any atom is -0.325 e. The summed E-state index contributed by atoms with van der Waals surface area (Å²) in [5, 5.41) is 5.82. The van der Waals surface area contributed by atoms with Crippen LogP contribution in [0.5, 0.6) is 0 Å². The van der Waals surface area contributed by atoms with Gasteiger partial charge in [-0.3, -0.25) is 4.79 Å². The van der Waals surface area contributed by atoms with Gasteiger partial charge in [0.1, 0.15) is 5.82 Å². The first-order valence-corrected chi connectivity index (χ1v) is 6.29. The number of hydrogen-bond acceptors (Lipinski definition) is 3. The molecule has 0 spiro atoms. The number of carbonyl (C=O) groups excluding carboxylic acids is 1. The molecule has 1 aromatic carbocycles. The molecule has 86 valence electrons. The number of thioether (sulfide) groups is 1. The van der Waals surface area contributed by atoms with Gasteiger partial charge < -0.3 is 10.6 Å². The van der Waals surface area contributed by atoms with Gasteiger partial charge in [0, 0.05) is 23.7 Å². The molecule has 0 bridgehead atoms. The van der Waals surface area contributed by atoms with Crippen molar-refractivity contribution in [2.45, 2.75) is 6.04 Å². The zero-order valence-corrected chi connectivity index (χ0v) is 9.52. The molecule has 5 heteroatoms. The number of hydrogen-bond donors (Lipinski definition) is 2. The first kappa shape index (κ1) is 11.4. The molecule has 16 heavy (non-hydrogen) atoms. The lowest BCUT2D eigenvalue weighted by Gasteiger charge is -2.22. The van der Waals surface area contributed by atoms with Crippen LogP contribution in [0.25, 0.3) is 0 Å². The topological polar surface area (TPSA) is 41.1 Å². The third kappa shape index (κ3) is 2.96. The molecule has 1 fully saturated rings. The second kappa shape index (κ2) is 5.32. The van der Waals surface area contributed by atoms with Crippen molar-refractivity contribution < 1.29 is 9.18 Å². The lowest BCUT2D eigenvalue weighted by Crippen LogP contribution is -2.46. The van der Waals surface area contributed by atoms with E-state index in [2.05, 4.69) is 10.6 Å². The smallest absolute Gasteiger partial charge is 0.242 e. The summed E-state index contributed by atoms with van der Waals surface area (Å²) in [5.74, 6) is 1.35. The van der Waals surface area contributed by atoms with E-state index >= 15 is 0 Å². The average molecular weight is 240 g/mol. The van der Waals surface area contributed by atoms with Gasteiger partial charge in [-0.05, 0) is 18.2 Å². The van der Waals surface area contributed by atoms with Crippen LogP contribution in [0.3, 0.4) is 0 Å². The predicted octanol–water partition coefficient (Wildman–Crippen LogP) is 1.47. The minimum atomic E-state index is -0.344. The van der Waals surface area contributed by atoms with E-state index in [9.17, 15) is 9.18 Å². The Kier molecular flexibility index (Phi) is 3.79. The lowest BCUT2D eigenvalue weighted by molar-refractivity contribution is -0.117. The molecule has 2 N–H and O–H groups in total. The van der Waals surface area contributed by atoms with Crippen LogP contribution in [0.4, 0.5) is 10.1 Å². The first-order valence-electron chi connectivity index (χ1n) is 5.13. The molecular weight excluding hydrogens is 227 g/mol. The molecule has 1 unspecified atom stereocenters. The molecule has 1 aromatic rings. The molecule has 2 rings (SSSR count). The Morgan fingerprint density at radius 2 is 2.44 bits per heavy atom. The van der Waals surface area contributed by atoms with Crippen molar-refractivity contribution in [1.82, 2.24) is 5.32 Å². The fourth-order valence-electron chi connectivity index (χ4n) is 1.53. The van der Waals surface area contributed by atoms with E-state index in [1.165, 1.54) is 12.1 Å². The standard InChI is InChI=1S/C11H13FN2OS/c12-8-2-1-3-9(6-8)14-11(15)10-7-16-5-4-13-10/h1-3,6,10,13H,4-5,7H2,(H,14,15). The highest BCUT2D eigenvalue weighted by atomic mass is 32.2. The van der Waals surface area contributed by atoms with Crippen molar-refractivity contribution in [3.8, 4) is 0 Å². The van der Waals surface area contributed by atoms with Crippen LogP contribution in [0.2, 0.25) is 0 Å². The van der Waals surface area contributed by atoms with Crippen molar-refractivity contribution in [1.29, 1.82) is 0 Å². The van der Waals surface area contributed by atoms with Gasteiger partial charge in [-0.1, -0.05) is 6.07 Å². The maximum absolute atomic E-state index is 12.9.